The number of rotatable bonds is 3. The third-order valence-electron chi connectivity index (χ3n) is 3.64. The highest BCUT2D eigenvalue weighted by molar-refractivity contribution is 7.48. The smallest absolute Gasteiger partial charge is 0.383 e. The molecule has 0 spiro atoms. The Morgan fingerprint density at radius 3 is 2.87 bits per heavy atom. The lowest BCUT2D eigenvalue weighted by molar-refractivity contribution is -0.107. The quantitative estimate of drug-likeness (QED) is 0.819. The first-order valence-corrected chi connectivity index (χ1v) is 8.89. The highest BCUT2D eigenvalue weighted by Gasteiger charge is 2.51. The summed E-state index contributed by atoms with van der Waals surface area (Å²) in [6.07, 6.45) is -0.438. The first-order chi connectivity index (χ1) is 10.8. The van der Waals surface area contributed by atoms with E-state index in [-0.39, 0.29) is 11.9 Å². The van der Waals surface area contributed by atoms with Crippen LogP contribution in [0.2, 0.25) is 0 Å². The monoisotopic (exact) mass is 345 g/mol. The molecule has 0 aliphatic carbocycles. The minimum atomic E-state index is -3.64. The van der Waals surface area contributed by atoms with Crippen molar-refractivity contribution in [2.24, 2.45) is 0 Å². The summed E-state index contributed by atoms with van der Waals surface area (Å²) in [4.78, 5) is 15.6. The van der Waals surface area contributed by atoms with Gasteiger partial charge in [-0.3, -0.25) is 18.1 Å². The number of nitrogen functional groups attached to an aromatic ring is 1. The Morgan fingerprint density at radius 2 is 2.22 bits per heavy atom. The van der Waals surface area contributed by atoms with Crippen LogP contribution < -0.4 is 11.4 Å². The summed E-state index contributed by atoms with van der Waals surface area (Å²) in [6.45, 7) is 5.23. The second-order valence-corrected chi connectivity index (χ2v) is 7.42. The van der Waals surface area contributed by atoms with Gasteiger partial charge in [-0.2, -0.15) is 4.98 Å². The molecule has 2 N–H and O–H groups in total. The van der Waals surface area contributed by atoms with Crippen LogP contribution in [0.1, 0.15) is 33.4 Å². The van der Waals surface area contributed by atoms with Crippen LogP contribution in [0, 0.1) is 0 Å². The molecule has 0 amide bonds. The van der Waals surface area contributed by atoms with Gasteiger partial charge < -0.3 is 10.5 Å². The van der Waals surface area contributed by atoms with Gasteiger partial charge in [-0.05, 0) is 26.8 Å². The van der Waals surface area contributed by atoms with Gasteiger partial charge in [-0.1, -0.05) is 0 Å². The van der Waals surface area contributed by atoms with E-state index >= 15 is 0 Å². The zero-order valence-corrected chi connectivity index (χ0v) is 14.0. The van der Waals surface area contributed by atoms with Crippen LogP contribution in [-0.4, -0.2) is 34.0 Å². The second kappa shape index (κ2) is 5.99. The van der Waals surface area contributed by atoms with Crippen molar-refractivity contribution in [2.45, 2.75) is 57.8 Å². The van der Waals surface area contributed by atoms with Crippen LogP contribution >= 0.6 is 7.82 Å². The molecule has 1 aromatic heterocycles. The van der Waals surface area contributed by atoms with E-state index in [2.05, 4.69) is 4.98 Å². The molecule has 2 saturated heterocycles. The fourth-order valence-electron chi connectivity index (χ4n) is 2.76. The molecule has 3 heterocycles. The van der Waals surface area contributed by atoms with E-state index in [0.29, 0.717) is 6.42 Å². The van der Waals surface area contributed by atoms with Gasteiger partial charge in [0, 0.05) is 12.6 Å². The number of aromatic nitrogens is 2. The molecular formula is C13H20N3O6P. The van der Waals surface area contributed by atoms with Gasteiger partial charge in [-0.15, -0.1) is 0 Å². The summed E-state index contributed by atoms with van der Waals surface area (Å²) in [6, 6.07) is 1.51. The summed E-state index contributed by atoms with van der Waals surface area (Å²) < 4.78 is 35.9. The molecule has 2 fully saturated rings. The van der Waals surface area contributed by atoms with Crippen molar-refractivity contribution in [2.75, 3.05) is 5.73 Å². The van der Waals surface area contributed by atoms with Gasteiger partial charge in [0.1, 0.15) is 24.3 Å². The molecule has 2 aliphatic heterocycles. The van der Waals surface area contributed by atoms with Crippen LogP contribution in [0.15, 0.2) is 17.1 Å². The second-order valence-electron chi connectivity index (χ2n) is 5.89. The Bertz CT molecular complexity index is 693. The number of phosphoric acid groups is 1. The van der Waals surface area contributed by atoms with Crippen LogP contribution in [0.5, 0.6) is 0 Å². The zero-order valence-electron chi connectivity index (χ0n) is 13.1. The van der Waals surface area contributed by atoms with E-state index in [0.717, 1.165) is 0 Å². The number of hydrogen-bond acceptors (Lipinski definition) is 8. The Balaban J connectivity index is 1.80. The van der Waals surface area contributed by atoms with Crippen molar-refractivity contribution in [3.8, 4) is 0 Å². The van der Waals surface area contributed by atoms with Crippen molar-refractivity contribution in [1.82, 2.24) is 9.55 Å². The fourth-order valence-corrected chi connectivity index (χ4v) is 4.49. The van der Waals surface area contributed by atoms with Gasteiger partial charge in [-0.25, -0.2) is 9.36 Å². The zero-order chi connectivity index (χ0) is 16.8. The maximum Gasteiger partial charge on any atom is 0.475 e. The number of nitrogens with zero attached hydrogens (tertiary/aromatic N) is 2. The van der Waals surface area contributed by atoms with Crippen LogP contribution in [0.3, 0.4) is 0 Å². The lowest BCUT2D eigenvalue weighted by Crippen LogP contribution is -2.40. The van der Waals surface area contributed by atoms with Crippen LogP contribution in [-0.2, 0) is 22.9 Å². The van der Waals surface area contributed by atoms with E-state index < -0.39 is 38.1 Å². The van der Waals surface area contributed by atoms with E-state index in [1.807, 2.05) is 0 Å². The molecule has 0 radical (unpaired) electrons. The molecule has 1 aromatic rings. The fraction of sp³-hybridized carbons (Fsp3) is 0.692. The summed E-state index contributed by atoms with van der Waals surface area (Å²) in [5, 5.41) is 0. The molecule has 0 aromatic carbocycles. The maximum absolute atomic E-state index is 12.5. The van der Waals surface area contributed by atoms with Crippen molar-refractivity contribution < 1.29 is 22.9 Å². The van der Waals surface area contributed by atoms with Gasteiger partial charge in [0.15, 0.2) is 0 Å². The maximum atomic E-state index is 12.5. The van der Waals surface area contributed by atoms with Crippen molar-refractivity contribution in [3.05, 3.63) is 22.7 Å². The molecule has 2 aliphatic rings. The van der Waals surface area contributed by atoms with E-state index in [1.54, 1.807) is 20.8 Å². The molecule has 1 unspecified atom stereocenters. The Kier molecular flexibility index (Phi) is 4.33. The van der Waals surface area contributed by atoms with E-state index in [9.17, 15) is 9.36 Å². The van der Waals surface area contributed by atoms with Crippen molar-refractivity contribution in [1.29, 1.82) is 0 Å². The number of fused-ring (bicyclic) bond motifs is 1. The van der Waals surface area contributed by atoms with E-state index in [1.165, 1.54) is 16.8 Å². The first-order valence-electron chi connectivity index (χ1n) is 7.43. The summed E-state index contributed by atoms with van der Waals surface area (Å²) in [5.74, 6) is 0.143. The van der Waals surface area contributed by atoms with Crippen LogP contribution in [0.25, 0.3) is 0 Å². The normalized spacial score (nSPS) is 37.0. The molecule has 23 heavy (non-hydrogen) atoms. The Morgan fingerprint density at radius 1 is 1.48 bits per heavy atom. The molecule has 10 heteroatoms. The van der Waals surface area contributed by atoms with Gasteiger partial charge >= 0.3 is 13.5 Å². The number of hydrogen-bond donors (Lipinski definition) is 1. The third kappa shape index (κ3) is 3.34. The number of ether oxygens (including phenoxy) is 1. The molecule has 0 bridgehead atoms. The first kappa shape index (κ1) is 16.6. The number of nitrogens with two attached hydrogens (primary N) is 1. The van der Waals surface area contributed by atoms with Crippen molar-refractivity contribution in [3.63, 3.8) is 0 Å². The third-order valence-corrected chi connectivity index (χ3v) is 5.44. The summed E-state index contributed by atoms with van der Waals surface area (Å²) in [5.41, 5.74) is 4.97. The van der Waals surface area contributed by atoms with E-state index in [4.69, 9.17) is 24.0 Å². The lowest BCUT2D eigenvalue weighted by Gasteiger charge is -2.35. The molecule has 9 nitrogen and oxygen atoms in total. The largest absolute Gasteiger partial charge is 0.475 e. The molecule has 3 rings (SSSR count). The summed E-state index contributed by atoms with van der Waals surface area (Å²) >= 11 is 0. The standard InChI is InChI=1S/C13H20N3O6P/c1-7(2)20-23(18)21-8(3)12-9(22-23)6-11(19-12)16-5-4-10(14)15-13(16)17/h4-5,7-9,11-12H,6H2,1-3H3,(H2,14,15,17)/t8-,9-,11+,12+,23?/m0/s1. The van der Waals surface area contributed by atoms with Gasteiger partial charge in [0.25, 0.3) is 0 Å². The lowest BCUT2D eigenvalue weighted by atomic mass is 10.1. The number of phosphoric ester groups is 1. The van der Waals surface area contributed by atoms with Gasteiger partial charge in [0.2, 0.25) is 0 Å². The SMILES string of the molecule is CC(C)OP1(=O)O[C@@H](C)[C@H]2O[C@@H](n3ccc(N)nc3=O)C[C@@H]2O1. The van der Waals surface area contributed by atoms with Crippen molar-refractivity contribution >= 4 is 13.6 Å². The number of anilines is 1. The minimum absolute atomic E-state index is 0.143. The highest BCUT2D eigenvalue weighted by atomic mass is 31.2. The molecular weight excluding hydrogens is 325 g/mol. The minimum Gasteiger partial charge on any atom is -0.383 e. The topological polar surface area (TPSA) is 115 Å². The predicted octanol–water partition coefficient (Wildman–Crippen LogP) is 1.45. The highest BCUT2D eigenvalue weighted by Crippen LogP contribution is 2.59. The Hall–Kier alpha value is -1.25. The van der Waals surface area contributed by atoms with Crippen LogP contribution in [0.4, 0.5) is 5.82 Å². The molecule has 128 valence electrons. The average Bonchev–Trinajstić information content (AvgIpc) is 2.80. The van der Waals surface area contributed by atoms with Gasteiger partial charge in [0.05, 0.1) is 12.2 Å². The molecule has 0 saturated carbocycles. The molecule has 5 atom stereocenters. The Labute approximate surface area is 133 Å². The predicted molar refractivity (Wildman–Crippen MR) is 80.7 cm³/mol. The average molecular weight is 345 g/mol. The summed E-state index contributed by atoms with van der Waals surface area (Å²) in [7, 11) is -3.64.